The summed E-state index contributed by atoms with van der Waals surface area (Å²) in [6.07, 6.45) is 5.19. The minimum Gasteiger partial charge on any atom is -0.468 e. The van der Waals surface area contributed by atoms with Gasteiger partial charge in [0.1, 0.15) is 16.8 Å². The minimum absolute atomic E-state index is 0.0938. The first-order chi connectivity index (χ1) is 17.8. The summed E-state index contributed by atoms with van der Waals surface area (Å²) in [4.78, 5) is 31.1. The van der Waals surface area contributed by atoms with E-state index in [0.29, 0.717) is 40.5 Å². The molecule has 3 aromatic heterocycles. The number of aromatic nitrogens is 4. The van der Waals surface area contributed by atoms with Gasteiger partial charge in [0.25, 0.3) is 0 Å². The maximum Gasteiger partial charge on any atom is 0.319 e. The van der Waals surface area contributed by atoms with Gasteiger partial charge in [-0.05, 0) is 45.6 Å². The van der Waals surface area contributed by atoms with Crippen molar-refractivity contribution in [2.45, 2.75) is 51.0 Å². The summed E-state index contributed by atoms with van der Waals surface area (Å²) in [5.41, 5.74) is 7.56. The highest BCUT2D eigenvalue weighted by molar-refractivity contribution is 7.16. The summed E-state index contributed by atoms with van der Waals surface area (Å²) in [5.74, 6) is 1.18. The second-order valence-corrected chi connectivity index (χ2v) is 10.9. The number of nitriles is 1. The van der Waals surface area contributed by atoms with Gasteiger partial charge in [-0.2, -0.15) is 10.2 Å². The molecule has 5 rings (SSSR count). The Kier molecular flexibility index (Phi) is 6.83. The lowest BCUT2D eigenvalue weighted by atomic mass is 9.72. The van der Waals surface area contributed by atoms with E-state index in [2.05, 4.69) is 32.9 Å². The fourth-order valence-corrected chi connectivity index (χ4v) is 6.60. The smallest absolute Gasteiger partial charge is 0.319 e. The van der Waals surface area contributed by atoms with E-state index < -0.39 is 5.41 Å². The van der Waals surface area contributed by atoms with Crippen LogP contribution in [0.25, 0.3) is 11.5 Å². The average Bonchev–Trinajstić information content (AvgIpc) is 3.47. The number of ether oxygens (including phenoxy) is 1. The van der Waals surface area contributed by atoms with Crippen molar-refractivity contribution in [3.05, 3.63) is 34.2 Å². The summed E-state index contributed by atoms with van der Waals surface area (Å²) in [5, 5.41) is 14.5. The molecule has 37 heavy (non-hydrogen) atoms. The summed E-state index contributed by atoms with van der Waals surface area (Å²) in [6.45, 7) is 6.66. The lowest BCUT2D eigenvalue weighted by Gasteiger charge is -2.30. The molecule has 2 N–H and O–H groups in total. The van der Waals surface area contributed by atoms with Crippen LogP contribution in [-0.2, 0) is 21.4 Å². The van der Waals surface area contributed by atoms with Crippen molar-refractivity contribution in [3.8, 4) is 17.6 Å². The average molecular weight is 523 g/mol. The van der Waals surface area contributed by atoms with E-state index >= 15 is 0 Å². The number of fused-ring (bicyclic) bond motifs is 1. The van der Waals surface area contributed by atoms with Crippen molar-refractivity contribution in [1.82, 2.24) is 25.0 Å². The van der Waals surface area contributed by atoms with Crippen molar-refractivity contribution >= 4 is 28.3 Å². The zero-order chi connectivity index (χ0) is 26.2. The van der Waals surface area contributed by atoms with Gasteiger partial charge in [-0.15, -0.1) is 11.3 Å². The number of nitrogens with two attached hydrogens (primary N) is 1. The molecule has 4 heterocycles. The molecule has 3 aromatic rings. The number of hydrogen-bond donors (Lipinski definition) is 1. The van der Waals surface area contributed by atoms with E-state index in [1.165, 1.54) is 18.4 Å². The Labute approximate surface area is 219 Å². The van der Waals surface area contributed by atoms with Crippen LogP contribution >= 0.6 is 11.3 Å². The molecule has 11 nitrogen and oxygen atoms in total. The molecule has 0 bridgehead atoms. The summed E-state index contributed by atoms with van der Waals surface area (Å²) >= 11 is 1.48. The van der Waals surface area contributed by atoms with Crippen LogP contribution in [0.1, 0.15) is 55.0 Å². The third kappa shape index (κ3) is 4.65. The van der Waals surface area contributed by atoms with Gasteiger partial charge in [0, 0.05) is 42.3 Å². The van der Waals surface area contributed by atoms with E-state index in [1.807, 2.05) is 6.92 Å². The van der Waals surface area contributed by atoms with Gasteiger partial charge in [0.15, 0.2) is 0 Å². The maximum atomic E-state index is 11.7. The number of thiophene rings is 1. The number of nitrogen functional groups attached to an aromatic ring is 1. The van der Waals surface area contributed by atoms with Gasteiger partial charge in [0.05, 0.1) is 24.6 Å². The number of esters is 1. The van der Waals surface area contributed by atoms with Gasteiger partial charge in [-0.3, -0.25) is 9.69 Å². The topological polar surface area (TPSA) is 147 Å². The fraction of sp³-hybridized carbons (Fsp3) is 0.520. The lowest BCUT2D eigenvalue weighted by molar-refractivity contribution is -0.141. The molecule has 194 valence electrons. The highest BCUT2D eigenvalue weighted by Gasteiger charge is 2.43. The molecule has 1 aliphatic heterocycles. The van der Waals surface area contributed by atoms with Crippen molar-refractivity contribution < 1.29 is 14.1 Å². The SMILES string of the molecule is COC(=O)CN1CCCN(c2nccc(-c3noc([C@@]4(C)CCCc5sc(N)c(C#N)c54)n3)n2)[C@@H](C)C1. The Morgan fingerprint density at radius 3 is 3.00 bits per heavy atom. The standard InChI is InChI=1S/C25H30N8O3S/c1-15-13-32(14-19(34)35-3)10-5-11-33(15)24-28-9-7-17(29-24)22-30-23(36-31-22)25(2)8-4-6-18-20(25)16(12-26)21(27)37-18/h7,9,15H,4-6,8,10-11,13-14,27H2,1-3H3/t15-,25-/m0/s1. The predicted octanol–water partition coefficient (Wildman–Crippen LogP) is 2.76. The number of hydrogen-bond acceptors (Lipinski definition) is 12. The first-order valence-electron chi connectivity index (χ1n) is 12.4. The highest BCUT2D eigenvalue weighted by Crippen LogP contribution is 2.48. The zero-order valence-electron chi connectivity index (χ0n) is 21.2. The molecule has 2 aliphatic rings. The maximum absolute atomic E-state index is 11.7. The van der Waals surface area contributed by atoms with Crippen molar-refractivity contribution in [2.75, 3.05) is 43.9 Å². The number of carbonyl (C=O) groups is 1. The Balaban J connectivity index is 1.41. The van der Waals surface area contributed by atoms with E-state index in [0.717, 1.165) is 49.2 Å². The van der Waals surface area contributed by atoms with Crippen LogP contribution < -0.4 is 10.6 Å². The lowest BCUT2D eigenvalue weighted by Crippen LogP contribution is -2.41. The number of aryl methyl sites for hydroxylation is 1. The largest absolute Gasteiger partial charge is 0.468 e. The third-order valence-electron chi connectivity index (χ3n) is 7.29. The number of carbonyl (C=O) groups excluding carboxylic acids is 1. The molecular weight excluding hydrogens is 492 g/mol. The molecule has 1 aliphatic carbocycles. The van der Waals surface area contributed by atoms with Gasteiger partial charge in [-0.25, -0.2) is 9.97 Å². The predicted molar refractivity (Wildman–Crippen MR) is 138 cm³/mol. The van der Waals surface area contributed by atoms with Gasteiger partial charge < -0.3 is 19.9 Å². The minimum atomic E-state index is -0.587. The highest BCUT2D eigenvalue weighted by atomic mass is 32.1. The molecule has 1 fully saturated rings. The molecule has 0 saturated carbocycles. The molecule has 1 saturated heterocycles. The number of rotatable bonds is 5. The van der Waals surface area contributed by atoms with E-state index in [9.17, 15) is 10.1 Å². The van der Waals surface area contributed by atoms with Crippen LogP contribution in [0.3, 0.4) is 0 Å². The van der Waals surface area contributed by atoms with Gasteiger partial charge in [0.2, 0.25) is 17.7 Å². The Morgan fingerprint density at radius 2 is 2.22 bits per heavy atom. The zero-order valence-corrected chi connectivity index (χ0v) is 22.0. The monoisotopic (exact) mass is 522 g/mol. The van der Waals surface area contributed by atoms with Crippen LogP contribution in [0.2, 0.25) is 0 Å². The number of methoxy groups -OCH3 is 1. The fourth-order valence-electron chi connectivity index (χ4n) is 5.41. The third-order valence-corrected chi connectivity index (χ3v) is 8.37. The summed E-state index contributed by atoms with van der Waals surface area (Å²) in [7, 11) is 1.41. The van der Waals surface area contributed by atoms with E-state index in [1.54, 1.807) is 12.3 Å². The van der Waals surface area contributed by atoms with Crippen molar-refractivity contribution in [3.63, 3.8) is 0 Å². The normalized spacial score (nSPS) is 22.2. The van der Waals surface area contributed by atoms with Crippen LogP contribution in [-0.4, -0.2) is 70.3 Å². The molecule has 0 amide bonds. The molecule has 12 heteroatoms. The van der Waals surface area contributed by atoms with Crippen molar-refractivity contribution in [1.29, 1.82) is 5.26 Å². The number of nitrogens with zero attached hydrogens (tertiary/aromatic N) is 7. The number of anilines is 2. The van der Waals surface area contributed by atoms with Crippen LogP contribution in [0.15, 0.2) is 16.8 Å². The van der Waals surface area contributed by atoms with Crippen LogP contribution in [0.5, 0.6) is 0 Å². The summed E-state index contributed by atoms with van der Waals surface area (Å²) < 4.78 is 10.6. The second-order valence-electron chi connectivity index (χ2n) is 9.81. The Morgan fingerprint density at radius 1 is 1.38 bits per heavy atom. The molecule has 0 radical (unpaired) electrons. The quantitative estimate of drug-likeness (QED) is 0.493. The van der Waals surface area contributed by atoms with Crippen LogP contribution in [0, 0.1) is 11.3 Å². The molecule has 2 atom stereocenters. The first-order valence-corrected chi connectivity index (χ1v) is 13.2. The summed E-state index contributed by atoms with van der Waals surface area (Å²) in [6, 6.07) is 4.14. The molecule has 0 spiro atoms. The Hall–Kier alpha value is -3.56. The Bertz CT molecular complexity index is 1350. The molecular formula is C25H30N8O3S. The second kappa shape index (κ2) is 10.1. The van der Waals surface area contributed by atoms with E-state index in [4.69, 9.17) is 25.0 Å². The van der Waals surface area contributed by atoms with Gasteiger partial charge >= 0.3 is 5.97 Å². The van der Waals surface area contributed by atoms with Gasteiger partial charge in [-0.1, -0.05) is 5.16 Å². The van der Waals surface area contributed by atoms with Crippen LogP contribution in [0.4, 0.5) is 10.9 Å². The first kappa shape index (κ1) is 25.1. The molecule has 0 aromatic carbocycles. The molecule has 0 unspecified atom stereocenters. The van der Waals surface area contributed by atoms with Crippen molar-refractivity contribution in [2.24, 2.45) is 0 Å². The van der Waals surface area contributed by atoms with E-state index in [-0.39, 0.29) is 18.6 Å².